The van der Waals surface area contributed by atoms with Crippen LogP contribution in [0, 0.1) is 5.41 Å². The average Bonchev–Trinajstić information content (AvgIpc) is 2.29. The van der Waals surface area contributed by atoms with Crippen LogP contribution in [0.5, 0.6) is 0 Å². The first-order chi connectivity index (χ1) is 8.02. The van der Waals surface area contributed by atoms with Crippen molar-refractivity contribution in [3.05, 3.63) is 40.4 Å². The van der Waals surface area contributed by atoms with Gasteiger partial charge in [-0.05, 0) is 47.9 Å². The molecule has 0 atom stereocenters. The predicted octanol–water partition coefficient (Wildman–Crippen LogP) is 5.70. The molecule has 0 saturated carbocycles. The lowest BCUT2D eigenvalue weighted by molar-refractivity contribution is 0.332. The number of rotatable bonds is 2. The summed E-state index contributed by atoms with van der Waals surface area (Å²) in [6.07, 6.45) is 3.65. The number of benzene rings is 1. The van der Waals surface area contributed by atoms with Crippen LogP contribution in [0.15, 0.2) is 29.8 Å². The maximum Gasteiger partial charge on any atom is 0.0406 e. The molecule has 92 valence electrons. The predicted molar refractivity (Wildman–Crippen MR) is 79.8 cm³/mol. The average molecular weight is 314 g/mol. The molecule has 0 bridgehead atoms. The molecule has 0 heterocycles. The summed E-state index contributed by atoms with van der Waals surface area (Å²) in [5.74, 6) is 0. The molecule has 0 fully saturated rings. The maximum atomic E-state index is 5.95. The van der Waals surface area contributed by atoms with Crippen LogP contribution < -0.4 is 0 Å². The molecular formula is C15H18BrCl. The summed E-state index contributed by atoms with van der Waals surface area (Å²) < 4.78 is 0. The van der Waals surface area contributed by atoms with E-state index in [9.17, 15) is 0 Å². The molecular weight excluding hydrogens is 296 g/mol. The second-order valence-electron chi connectivity index (χ2n) is 5.56. The summed E-state index contributed by atoms with van der Waals surface area (Å²) in [6.45, 7) is 4.71. The Morgan fingerprint density at radius 1 is 1.24 bits per heavy atom. The van der Waals surface area contributed by atoms with Crippen LogP contribution in [-0.2, 0) is 0 Å². The SMILES string of the molecule is CC1(C)CCC(CBr)=C(c2ccc(Cl)cc2)C1. The van der Waals surface area contributed by atoms with Crippen molar-refractivity contribution in [3.63, 3.8) is 0 Å². The molecule has 0 spiro atoms. The van der Waals surface area contributed by atoms with E-state index in [1.54, 1.807) is 5.57 Å². The molecule has 1 aliphatic carbocycles. The molecule has 1 aromatic carbocycles. The van der Waals surface area contributed by atoms with Gasteiger partial charge in [0.1, 0.15) is 0 Å². The number of hydrogen-bond acceptors (Lipinski definition) is 0. The van der Waals surface area contributed by atoms with E-state index in [0.29, 0.717) is 5.41 Å². The fraction of sp³-hybridized carbons (Fsp3) is 0.467. The van der Waals surface area contributed by atoms with Gasteiger partial charge in [0, 0.05) is 10.4 Å². The van der Waals surface area contributed by atoms with Gasteiger partial charge < -0.3 is 0 Å². The van der Waals surface area contributed by atoms with Gasteiger partial charge in [0.15, 0.2) is 0 Å². The Morgan fingerprint density at radius 3 is 2.47 bits per heavy atom. The third kappa shape index (κ3) is 3.14. The van der Waals surface area contributed by atoms with E-state index in [1.165, 1.54) is 24.0 Å². The summed E-state index contributed by atoms with van der Waals surface area (Å²) >= 11 is 9.57. The first kappa shape index (κ1) is 13.2. The lowest BCUT2D eigenvalue weighted by Gasteiger charge is -2.33. The van der Waals surface area contributed by atoms with Crippen molar-refractivity contribution in [2.45, 2.75) is 33.1 Å². The second-order valence-corrected chi connectivity index (χ2v) is 6.56. The van der Waals surface area contributed by atoms with Gasteiger partial charge in [0.05, 0.1) is 0 Å². The van der Waals surface area contributed by atoms with Gasteiger partial charge in [0.2, 0.25) is 0 Å². The largest absolute Gasteiger partial charge is 0.0880 e. The zero-order valence-electron chi connectivity index (χ0n) is 10.4. The first-order valence-electron chi connectivity index (χ1n) is 6.05. The van der Waals surface area contributed by atoms with Gasteiger partial charge in [0.25, 0.3) is 0 Å². The highest BCUT2D eigenvalue weighted by Crippen LogP contribution is 2.43. The Labute approximate surface area is 117 Å². The Morgan fingerprint density at radius 2 is 1.88 bits per heavy atom. The molecule has 0 nitrogen and oxygen atoms in total. The first-order valence-corrected chi connectivity index (χ1v) is 7.54. The topological polar surface area (TPSA) is 0 Å². The minimum atomic E-state index is 0.417. The second kappa shape index (κ2) is 5.16. The monoisotopic (exact) mass is 312 g/mol. The van der Waals surface area contributed by atoms with Crippen LogP contribution in [0.1, 0.15) is 38.7 Å². The van der Waals surface area contributed by atoms with Crippen molar-refractivity contribution < 1.29 is 0 Å². The Hall–Kier alpha value is -0.270. The third-order valence-corrected chi connectivity index (χ3v) is 4.47. The lowest BCUT2D eigenvalue weighted by Crippen LogP contribution is -2.18. The van der Waals surface area contributed by atoms with Crippen molar-refractivity contribution in [2.75, 3.05) is 5.33 Å². The van der Waals surface area contributed by atoms with Crippen LogP contribution >= 0.6 is 27.5 Å². The van der Waals surface area contributed by atoms with Crippen LogP contribution in [0.2, 0.25) is 5.02 Å². The summed E-state index contributed by atoms with van der Waals surface area (Å²) in [5.41, 5.74) is 4.80. The van der Waals surface area contributed by atoms with E-state index in [1.807, 2.05) is 12.1 Å². The summed E-state index contributed by atoms with van der Waals surface area (Å²) in [4.78, 5) is 0. The summed E-state index contributed by atoms with van der Waals surface area (Å²) in [6, 6.07) is 8.25. The molecule has 0 N–H and O–H groups in total. The van der Waals surface area contributed by atoms with Crippen molar-refractivity contribution >= 4 is 33.1 Å². The van der Waals surface area contributed by atoms with Crippen LogP contribution in [0.25, 0.3) is 5.57 Å². The Kier molecular flexibility index (Phi) is 3.99. The standard InChI is InChI=1S/C15H18BrCl/c1-15(2)8-7-12(10-16)14(9-15)11-3-5-13(17)6-4-11/h3-6H,7-10H2,1-2H3. The van der Waals surface area contributed by atoms with Gasteiger partial charge in [-0.1, -0.05) is 59.1 Å². The zero-order valence-corrected chi connectivity index (χ0v) is 12.7. The lowest BCUT2D eigenvalue weighted by atomic mass is 9.73. The van der Waals surface area contributed by atoms with Crippen LogP contribution in [0.3, 0.4) is 0 Å². The van der Waals surface area contributed by atoms with Gasteiger partial charge in [-0.3, -0.25) is 0 Å². The number of allylic oxidation sites excluding steroid dienone is 2. The number of hydrogen-bond donors (Lipinski definition) is 0. The minimum absolute atomic E-state index is 0.417. The van der Waals surface area contributed by atoms with E-state index >= 15 is 0 Å². The zero-order chi connectivity index (χ0) is 12.5. The Bertz CT molecular complexity index is 429. The molecule has 0 radical (unpaired) electrons. The molecule has 1 aliphatic rings. The van der Waals surface area contributed by atoms with E-state index in [0.717, 1.165) is 16.8 Å². The highest BCUT2D eigenvalue weighted by atomic mass is 79.9. The summed E-state index contributed by atoms with van der Waals surface area (Å²) in [5, 5.41) is 1.80. The molecule has 0 unspecified atom stereocenters. The van der Waals surface area contributed by atoms with Crippen molar-refractivity contribution in [1.82, 2.24) is 0 Å². The fourth-order valence-electron chi connectivity index (χ4n) is 2.44. The highest BCUT2D eigenvalue weighted by Gasteiger charge is 2.27. The van der Waals surface area contributed by atoms with E-state index < -0.39 is 0 Å². The third-order valence-electron chi connectivity index (χ3n) is 3.54. The molecule has 2 rings (SSSR count). The van der Waals surface area contributed by atoms with E-state index in [4.69, 9.17) is 11.6 Å². The molecule has 0 saturated heterocycles. The Balaban J connectivity index is 2.39. The van der Waals surface area contributed by atoms with Gasteiger partial charge in [-0.15, -0.1) is 0 Å². The highest BCUT2D eigenvalue weighted by molar-refractivity contribution is 9.09. The molecule has 0 aromatic heterocycles. The fourth-order valence-corrected chi connectivity index (χ4v) is 3.18. The summed E-state index contributed by atoms with van der Waals surface area (Å²) in [7, 11) is 0. The molecule has 17 heavy (non-hydrogen) atoms. The smallest absolute Gasteiger partial charge is 0.0406 e. The van der Waals surface area contributed by atoms with Crippen LogP contribution in [-0.4, -0.2) is 5.33 Å². The molecule has 1 aromatic rings. The number of halogens is 2. The molecule has 2 heteroatoms. The van der Waals surface area contributed by atoms with Crippen molar-refractivity contribution in [1.29, 1.82) is 0 Å². The molecule has 0 amide bonds. The van der Waals surface area contributed by atoms with Crippen molar-refractivity contribution in [3.8, 4) is 0 Å². The van der Waals surface area contributed by atoms with E-state index in [2.05, 4.69) is 41.9 Å². The number of alkyl halides is 1. The van der Waals surface area contributed by atoms with Gasteiger partial charge in [-0.2, -0.15) is 0 Å². The normalized spacial score (nSPS) is 19.5. The minimum Gasteiger partial charge on any atom is -0.0880 e. The molecule has 0 aliphatic heterocycles. The maximum absolute atomic E-state index is 5.95. The van der Waals surface area contributed by atoms with Crippen molar-refractivity contribution in [2.24, 2.45) is 5.41 Å². The van der Waals surface area contributed by atoms with E-state index in [-0.39, 0.29) is 0 Å². The quantitative estimate of drug-likeness (QED) is 0.614. The van der Waals surface area contributed by atoms with Gasteiger partial charge in [-0.25, -0.2) is 0 Å². The van der Waals surface area contributed by atoms with Gasteiger partial charge >= 0.3 is 0 Å². The van der Waals surface area contributed by atoms with Crippen LogP contribution in [0.4, 0.5) is 0 Å².